The summed E-state index contributed by atoms with van der Waals surface area (Å²) in [4.78, 5) is 27.4. The van der Waals surface area contributed by atoms with E-state index in [9.17, 15) is 9.59 Å². The SMILES string of the molecule is CC(C)C1NC(=O)C2(CCCC2)N(CCC2CC2)C1=O. The molecule has 0 aromatic heterocycles. The molecule has 3 rings (SSSR count). The van der Waals surface area contributed by atoms with Gasteiger partial charge in [0.25, 0.3) is 0 Å². The molecule has 0 aromatic carbocycles. The second-order valence-corrected chi connectivity index (χ2v) is 7.16. The number of hydrogen-bond acceptors (Lipinski definition) is 2. The molecule has 1 N–H and O–H groups in total. The van der Waals surface area contributed by atoms with Crippen molar-refractivity contribution < 1.29 is 9.59 Å². The highest BCUT2D eigenvalue weighted by Crippen LogP contribution is 2.40. The van der Waals surface area contributed by atoms with E-state index < -0.39 is 5.54 Å². The Labute approximate surface area is 121 Å². The lowest BCUT2D eigenvalue weighted by Gasteiger charge is -2.47. The lowest BCUT2D eigenvalue weighted by molar-refractivity contribution is -0.158. The quantitative estimate of drug-likeness (QED) is 0.856. The van der Waals surface area contributed by atoms with Crippen molar-refractivity contribution in [2.75, 3.05) is 6.54 Å². The van der Waals surface area contributed by atoms with Gasteiger partial charge in [-0.3, -0.25) is 9.59 Å². The van der Waals surface area contributed by atoms with E-state index in [0.717, 1.165) is 44.6 Å². The fourth-order valence-electron chi connectivity index (χ4n) is 3.79. The molecule has 1 heterocycles. The van der Waals surface area contributed by atoms with Gasteiger partial charge in [-0.05, 0) is 31.1 Å². The van der Waals surface area contributed by atoms with Crippen molar-refractivity contribution in [3.05, 3.63) is 0 Å². The third kappa shape index (κ3) is 2.23. The van der Waals surface area contributed by atoms with Crippen molar-refractivity contribution in [3.8, 4) is 0 Å². The van der Waals surface area contributed by atoms with Gasteiger partial charge < -0.3 is 10.2 Å². The Kier molecular flexibility index (Phi) is 3.51. The number of amides is 2. The van der Waals surface area contributed by atoms with Gasteiger partial charge in [0.05, 0.1) is 0 Å². The average molecular weight is 278 g/mol. The summed E-state index contributed by atoms with van der Waals surface area (Å²) in [5.74, 6) is 1.21. The summed E-state index contributed by atoms with van der Waals surface area (Å²) in [6.45, 7) is 4.79. The van der Waals surface area contributed by atoms with Gasteiger partial charge in [-0.1, -0.05) is 39.5 Å². The Bertz CT molecular complexity index is 409. The maximum Gasteiger partial charge on any atom is 0.246 e. The van der Waals surface area contributed by atoms with Gasteiger partial charge in [0.1, 0.15) is 11.6 Å². The lowest BCUT2D eigenvalue weighted by Crippen LogP contribution is -2.70. The van der Waals surface area contributed by atoms with Gasteiger partial charge in [0.2, 0.25) is 11.8 Å². The van der Waals surface area contributed by atoms with E-state index in [1.54, 1.807) is 0 Å². The number of piperazine rings is 1. The molecular weight excluding hydrogens is 252 g/mol. The Balaban J connectivity index is 1.83. The van der Waals surface area contributed by atoms with Gasteiger partial charge in [0, 0.05) is 6.54 Å². The molecule has 2 saturated carbocycles. The van der Waals surface area contributed by atoms with Gasteiger partial charge in [-0.15, -0.1) is 0 Å². The first-order valence-electron chi connectivity index (χ1n) is 8.17. The fourth-order valence-corrected chi connectivity index (χ4v) is 3.79. The van der Waals surface area contributed by atoms with Crippen LogP contribution in [-0.2, 0) is 9.59 Å². The monoisotopic (exact) mass is 278 g/mol. The van der Waals surface area contributed by atoms with Crippen LogP contribution in [0.2, 0.25) is 0 Å². The summed E-state index contributed by atoms with van der Waals surface area (Å²) in [5.41, 5.74) is -0.517. The molecule has 1 saturated heterocycles. The Hall–Kier alpha value is -1.06. The van der Waals surface area contributed by atoms with Crippen LogP contribution >= 0.6 is 0 Å². The van der Waals surface area contributed by atoms with Crippen molar-refractivity contribution >= 4 is 11.8 Å². The summed E-state index contributed by atoms with van der Waals surface area (Å²) >= 11 is 0. The summed E-state index contributed by atoms with van der Waals surface area (Å²) in [7, 11) is 0. The highest BCUT2D eigenvalue weighted by atomic mass is 16.2. The molecule has 2 aliphatic carbocycles. The molecule has 1 unspecified atom stereocenters. The number of carbonyl (C=O) groups is 2. The predicted octanol–water partition coefficient (Wildman–Crippen LogP) is 2.08. The maximum absolute atomic E-state index is 12.8. The van der Waals surface area contributed by atoms with Crippen molar-refractivity contribution in [3.63, 3.8) is 0 Å². The summed E-state index contributed by atoms with van der Waals surface area (Å²) < 4.78 is 0. The van der Waals surface area contributed by atoms with Crippen LogP contribution < -0.4 is 5.32 Å². The summed E-state index contributed by atoms with van der Waals surface area (Å²) in [6.07, 6.45) is 7.50. The Morgan fingerprint density at radius 3 is 2.45 bits per heavy atom. The fraction of sp³-hybridized carbons (Fsp3) is 0.875. The second-order valence-electron chi connectivity index (χ2n) is 7.16. The highest BCUT2D eigenvalue weighted by Gasteiger charge is 2.54. The van der Waals surface area contributed by atoms with Crippen molar-refractivity contribution in [1.82, 2.24) is 10.2 Å². The highest BCUT2D eigenvalue weighted by molar-refractivity contribution is 6.00. The molecule has 4 heteroatoms. The first-order valence-corrected chi connectivity index (χ1v) is 8.17. The smallest absolute Gasteiger partial charge is 0.246 e. The van der Waals surface area contributed by atoms with Crippen LogP contribution in [0.25, 0.3) is 0 Å². The third-order valence-corrected chi connectivity index (χ3v) is 5.31. The van der Waals surface area contributed by atoms with E-state index in [-0.39, 0.29) is 23.8 Å². The van der Waals surface area contributed by atoms with Crippen LogP contribution in [0.3, 0.4) is 0 Å². The van der Waals surface area contributed by atoms with Crippen LogP contribution in [0, 0.1) is 11.8 Å². The van der Waals surface area contributed by atoms with E-state index in [0.29, 0.717) is 0 Å². The molecule has 1 atom stereocenters. The molecule has 1 aliphatic heterocycles. The molecule has 2 amide bonds. The second kappa shape index (κ2) is 5.05. The largest absolute Gasteiger partial charge is 0.342 e. The van der Waals surface area contributed by atoms with Crippen LogP contribution in [-0.4, -0.2) is 34.8 Å². The molecule has 3 fully saturated rings. The topological polar surface area (TPSA) is 49.4 Å². The van der Waals surface area contributed by atoms with Crippen LogP contribution in [0.4, 0.5) is 0 Å². The molecule has 0 bridgehead atoms. The molecule has 3 aliphatic rings. The molecule has 4 nitrogen and oxygen atoms in total. The lowest BCUT2D eigenvalue weighted by atomic mass is 9.86. The normalized spacial score (nSPS) is 29.4. The molecule has 20 heavy (non-hydrogen) atoms. The third-order valence-electron chi connectivity index (χ3n) is 5.31. The first-order chi connectivity index (χ1) is 9.54. The first kappa shape index (κ1) is 13.9. The zero-order valence-corrected chi connectivity index (χ0v) is 12.7. The molecular formula is C16H26N2O2. The number of nitrogens with one attached hydrogen (secondary N) is 1. The van der Waals surface area contributed by atoms with E-state index in [2.05, 4.69) is 5.32 Å². The van der Waals surface area contributed by atoms with Crippen LogP contribution in [0.5, 0.6) is 0 Å². The predicted molar refractivity (Wildman–Crippen MR) is 77.0 cm³/mol. The summed E-state index contributed by atoms with van der Waals surface area (Å²) in [6, 6.07) is -0.326. The van der Waals surface area contributed by atoms with Crippen LogP contribution in [0.15, 0.2) is 0 Å². The maximum atomic E-state index is 12.8. The van der Waals surface area contributed by atoms with Gasteiger partial charge in [0.15, 0.2) is 0 Å². The molecule has 0 radical (unpaired) electrons. The zero-order valence-electron chi connectivity index (χ0n) is 12.7. The van der Waals surface area contributed by atoms with E-state index in [1.165, 1.54) is 12.8 Å². The minimum absolute atomic E-state index is 0.101. The van der Waals surface area contributed by atoms with E-state index >= 15 is 0 Å². The minimum atomic E-state index is -0.517. The van der Waals surface area contributed by atoms with Gasteiger partial charge in [-0.2, -0.15) is 0 Å². The van der Waals surface area contributed by atoms with Crippen molar-refractivity contribution in [2.45, 2.75) is 70.4 Å². The molecule has 1 spiro atoms. The van der Waals surface area contributed by atoms with E-state index in [4.69, 9.17) is 0 Å². The van der Waals surface area contributed by atoms with Crippen LogP contribution in [0.1, 0.15) is 58.8 Å². The number of hydrogen-bond donors (Lipinski definition) is 1. The zero-order chi connectivity index (χ0) is 14.3. The van der Waals surface area contributed by atoms with Gasteiger partial charge >= 0.3 is 0 Å². The number of carbonyl (C=O) groups excluding carboxylic acids is 2. The number of rotatable bonds is 4. The van der Waals surface area contributed by atoms with Crippen molar-refractivity contribution in [2.24, 2.45) is 11.8 Å². The standard InChI is InChI=1S/C16H26N2O2/c1-11(2)13-14(19)18(10-7-12-5-6-12)16(15(20)17-13)8-3-4-9-16/h11-13H,3-10H2,1-2H3,(H,17,20). The Morgan fingerprint density at radius 1 is 1.25 bits per heavy atom. The average Bonchev–Trinajstić information content (AvgIpc) is 3.10. The minimum Gasteiger partial charge on any atom is -0.342 e. The molecule has 112 valence electrons. The summed E-state index contributed by atoms with van der Waals surface area (Å²) in [5, 5.41) is 3.00. The van der Waals surface area contributed by atoms with Gasteiger partial charge in [-0.25, -0.2) is 0 Å². The Morgan fingerprint density at radius 2 is 1.90 bits per heavy atom. The molecule has 0 aromatic rings. The number of nitrogens with zero attached hydrogens (tertiary/aromatic N) is 1. The van der Waals surface area contributed by atoms with E-state index in [1.807, 2.05) is 18.7 Å². The van der Waals surface area contributed by atoms with Crippen molar-refractivity contribution in [1.29, 1.82) is 0 Å².